The van der Waals surface area contributed by atoms with E-state index in [1.165, 1.54) is 7.05 Å². The topological polar surface area (TPSA) is 56.2 Å². The lowest BCUT2D eigenvalue weighted by atomic mass is 10.2. The second-order valence-corrected chi connectivity index (χ2v) is 12.4. The van der Waals surface area contributed by atoms with Crippen LogP contribution in [0.5, 0.6) is 0 Å². The monoisotopic (exact) mass is 340 g/mol. The van der Waals surface area contributed by atoms with E-state index in [2.05, 4.69) is 29.9 Å². The molecule has 2 heterocycles. The van der Waals surface area contributed by atoms with Crippen molar-refractivity contribution >= 4 is 36.6 Å². The van der Waals surface area contributed by atoms with E-state index in [-0.39, 0.29) is 16.8 Å². The Morgan fingerprint density at radius 2 is 2.27 bits per heavy atom. The van der Waals surface area contributed by atoms with Gasteiger partial charge in [0.2, 0.25) is 0 Å². The van der Waals surface area contributed by atoms with E-state index in [4.69, 9.17) is 17.7 Å². The molecule has 1 amide bonds. The number of hydrogen-bond donors (Lipinski definition) is 1. The van der Waals surface area contributed by atoms with Crippen LogP contribution < -0.4 is 5.32 Å². The molecular weight excluding hydrogens is 318 g/mol. The molecule has 0 spiro atoms. The first kappa shape index (κ1) is 15.5. The summed E-state index contributed by atoms with van der Waals surface area (Å²) in [7, 11) is 0.379. The number of halogens is 1. The zero-order chi connectivity index (χ0) is 17.2. The molecule has 0 radical (unpaired) electrons. The van der Waals surface area contributed by atoms with E-state index in [1.807, 2.05) is 6.20 Å². The lowest BCUT2D eigenvalue weighted by Crippen LogP contribution is -2.22. The lowest BCUT2D eigenvalue weighted by molar-refractivity contribution is 0.0899. The second-order valence-electron chi connectivity index (χ2n) is 6.36. The summed E-state index contributed by atoms with van der Waals surface area (Å²) in [5.74, 6) is -0.409. The van der Waals surface area contributed by atoms with Crippen molar-refractivity contribution in [3.63, 3.8) is 0 Å². The van der Waals surface area contributed by atoms with E-state index in [1.54, 1.807) is 10.6 Å². The van der Waals surface area contributed by atoms with Crippen LogP contribution in [0.4, 0.5) is 0 Å². The molecule has 0 saturated heterocycles. The van der Waals surface area contributed by atoms with Gasteiger partial charge in [0.25, 0.3) is 5.91 Å². The highest BCUT2D eigenvalue weighted by molar-refractivity contribution is 6.76. The molecule has 2 rings (SSSR count). The highest BCUT2D eigenvalue weighted by Gasteiger charge is 2.15. The first-order valence-electron chi connectivity index (χ1n) is 7.69. The molecular formula is C15H22ClN3O2Si. The zero-order valence-corrected chi connectivity index (χ0v) is 15.1. The van der Waals surface area contributed by atoms with Gasteiger partial charge in [-0.05, 0) is 12.1 Å². The van der Waals surface area contributed by atoms with Crippen molar-refractivity contribution in [1.29, 1.82) is 0 Å². The molecule has 0 saturated carbocycles. The van der Waals surface area contributed by atoms with Gasteiger partial charge in [-0.15, -0.1) is 0 Å². The number of nitrogens with zero attached hydrogens (tertiary/aromatic N) is 2. The Labute approximate surface area is 138 Å². The number of hydrogen-bond acceptors (Lipinski definition) is 3. The lowest BCUT2D eigenvalue weighted by Gasteiger charge is -2.15. The van der Waals surface area contributed by atoms with Crippen molar-refractivity contribution in [2.75, 3.05) is 13.7 Å². The summed E-state index contributed by atoms with van der Waals surface area (Å²) in [5.41, 5.74) is 0.653. The maximum absolute atomic E-state index is 11.8. The smallest absolute Gasteiger partial charge is 0.254 e. The standard InChI is InChI=1S/C15H22ClN3O2Si/c1-17-15(20)12-9-18-14-11(13(12)16)5-6-19(14)10-21-7-8-22(2,3)4/h5-6,9H,7-8,10H2,1-4H3,(H,17,20)/i9D. The third-order valence-electron chi connectivity index (χ3n) is 3.34. The highest BCUT2D eigenvalue weighted by Crippen LogP contribution is 2.26. The minimum Gasteiger partial charge on any atom is -0.361 e. The molecule has 0 fully saturated rings. The van der Waals surface area contributed by atoms with Gasteiger partial charge in [-0.1, -0.05) is 31.2 Å². The van der Waals surface area contributed by atoms with Gasteiger partial charge in [0.05, 0.1) is 12.0 Å². The molecule has 2 aromatic heterocycles. The molecule has 1 N–H and O–H groups in total. The predicted octanol–water partition coefficient (Wildman–Crippen LogP) is 3.36. The molecule has 5 nitrogen and oxygen atoms in total. The van der Waals surface area contributed by atoms with Gasteiger partial charge >= 0.3 is 0 Å². The van der Waals surface area contributed by atoms with Crippen molar-refractivity contribution in [1.82, 2.24) is 14.9 Å². The van der Waals surface area contributed by atoms with Crippen LogP contribution >= 0.6 is 11.6 Å². The molecule has 0 bridgehead atoms. The van der Waals surface area contributed by atoms with Crippen molar-refractivity contribution < 1.29 is 10.9 Å². The molecule has 0 atom stereocenters. The van der Waals surface area contributed by atoms with Crippen LogP contribution in [-0.4, -0.2) is 37.2 Å². The average Bonchev–Trinajstić information content (AvgIpc) is 2.85. The van der Waals surface area contributed by atoms with E-state index in [0.29, 0.717) is 24.4 Å². The fraction of sp³-hybridized carbons (Fsp3) is 0.467. The Hall–Kier alpha value is -1.37. The van der Waals surface area contributed by atoms with Gasteiger partial charge in [-0.2, -0.15) is 0 Å². The number of ether oxygens (including phenoxy) is 1. The number of aromatic nitrogens is 2. The Balaban J connectivity index is 2.23. The van der Waals surface area contributed by atoms with Gasteiger partial charge in [-0.3, -0.25) is 4.79 Å². The molecule has 120 valence electrons. The molecule has 7 heteroatoms. The Morgan fingerprint density at radius 3 is 2.91 bits per heavy atom. The average molecular weight is 341 g/mol. The first-order valence-corrected chi connectivity index (χ1v) is 11.3. The van der Waals surface area contributed by atoms with Crippen LogP contribution in [0.1, 0.15) is 11.7 Å². The van der Waals surface area contributed by atoms with Crippen molar-refractivity contribution in [3.05, 3.63) is 29.0 Å². The number of carbonyl (C=O) groups is 1. The fourth-order valence-electron chi connectivity index (χ4n) is 1.97. The number of carbonyl (C=O) groups excluding carboxylic acids is 1. The summed E-state index contributed by atoms with van der Waals surface area (Å²) >= 11 is 6.29. The molecule has 2 aromatic rings. The third-order valence-corrected chi connectivity index (χ3v) is 5.44. The number of nitrogens with one attached hydrogen (secondary N) is 1. The van der Waals surface area contributed by atoms with Gasteiger partial charge in [0, 0.05) is 39.5 Å². The van der Waals surface area contributed by atoms with Crippen LogP contribution in [0.2, 0.25) is 30.7 Å². The largest absolute Gasteiger partial charge is 0.361 e. The van der Waals surface area contributed by atoms with Crippen LogP contribution in [0, 0.1) is 0 Å². The number of fused-ring (bicyclic) bond motifs is 1. The molecule has 0 aromatic carbocycles. The third kappa shape index (κ3) is 3.88. The van der Waals surface area contributed by atoms with Crippen LogP contribution in [0.15, 0.2) is 18.4 Å². The normalized spacial score (nSPS) is 12.5. The SMILES string of the molecule is [2H]c1nc2c(ccn2COCC[Si](C)(C)C)c(Cl)c1C(=O)NC. The van der Waals surface area contributed by atoms with Gasteiger partial charge in [0.1, 0.15) is 12.4 Å². The quantitative estimate of drug-likeness (QED) is 0.648. The van der Waals surface area contributed by atoms with E-state index in [0.717, 1.165) is 6.04 Å². The van der Waals surface area contributed by atoms with Crippen LogP contribution in [0.3, 0.4) is 0 Å². The van der Waals surface area contributed by atoms with Crippen molar-refractivity contribution in [2.24, 2.45) is 0 Å². The molecule has 0 unspecified atom stereocenters. The summed E-state index contributed by atoms with van der Waals surface area (Å²) in [6, 6.07) is 2.88. The van der Waals surface area contributed by atoms with E-state index in [9.17, 15) is 4.79 Å². The minimum atomic E-state index is -1.12. The van der Waals surface area contributed by atoms with Gasteiger partial charge in [-0.25, -0.2) is 4.98 Å². The Bertz CT molecular complexity index is 728. The summed E-state index contributed by atoms with van der Waals surface area (Å²) in [4.78, 5) is 16.0. The number of rotatable bonds is 6. The molecule has 22 heavy (non-hydrogen) atoms. The number of amides is 1. The maximum Gasteiger partial charge on any atom is 0.254 e. The Morgan fingerprint density at radius 1 is 1.55 bits per heavy atom. The Kier molecular flexibility index (Phi) is 4.80. The molecule has 0 aliphatic rings. The van der Waals surface area contributed by atoms with Crippen molar-refractivity contribution in [3.8, 4) is 0 Å². The summed E-state index contributed by atoms with van der Waals surface area (Å²) in [5, 5.41) is 3.38. The second kappa shape index (κ2) is 6.81. The zero-order valence-electron chi connectivity index (χ0n) is 14.4. The summed E-state index contributed by atoms with van der Waals surface area (Å²) in [6.07, 6.45) is 1.68. The predicted molar refractivity (Wildman–Crippen MR) is 92.2 cm³/mol. The fourth-order valence-corrected chi connectivity index (χ4v) is 3.01. The summed E-state index contributed by atoms with van der Waals surface area (Å²) < 4.78 is 15.5. The van der Waals surface area contributed by atoms with Gasteiger partial charge in [0.15, 0.2) is 0 Å². The van der Waals surface area contributed by atoms with Crippen LogP contribution in [0.25, 0.3) is 11.0 Å². The van der Waals surface area contributed by atoms with E-state index < -0.39 is 14.0 Å². The summed E-state index contributed by atoms with van der Waals surface area (Å²) in [6.45, 7) is 7.96. The molecule has 0 aliphatic heterocycles. The molecule has 0 aliphatic carbocycles. The maximum atomic E-state index is 11.8. The van der Waals surface area contributed by atoms with Gasteiger partial charge < -0.3 is 14.6 Å². The highest BCUT2D eigenvalue weighted by atomic mass is 35.5. The number of pyridine rings is 1. The van der Waals surface area contributed by atoms with Crippen LogP contribution in [-0.2, 0) is 11.5 Å². The van der Waals surface area contributed by atoms with E-state index >= 15 is 0 Å². The minimum absolute atomic E-state index is 0.0964. The van der Waals surface area contributed by atoms with Crippen molar-refractivity contribution in [2.45, 2.75) is 32.4 Å². The first-order chi connectivity index (χ1) is 10.7.